The van der Waals surface area contributed by atoms with Crippen molar-refractivity contribution in [3.63, 3.8) is 0 Å². The van der Waals surface area contributed by atoms with E-state index in [2.05, 4.69) is 79.6 Å². The van der Waals surface area contributed by atoms with Crippen molar-refractivity contribution in [2.45, 2.75) is 31.4 Å². The molecule has 1 saturated heterocycles. The highest BCUT2D eigenvalue weighted by molar-refractivity contribution is 9.10. The molecule has 0 aliphatic carbocycles. The summed E-state index contributed by atoms with van der Waals surface area (Å²) in [5.74, 6) is 0. The van der Waals surface area contributed by atoms with Crippen LogP contribution >= 0.6 is 44.3 Å². The molecule has 1 aliphatic heterocycles. The predicted octanol–water partition coefficient (Wildman–Crippen LogP) is 6.12. The topological polar surface area (TPSA) is 32.3 Å². The largest absolute Gasteiger partial charge is 0.387 e. The number of benzene rings is 3. The van der Waals surface area contributed by atoms with E-state index >= 15 is 0 Å². The monoisotopic (exact) mass is 483 g/mol. The first-order chi connectivity index (χ1) is 11.6. The molecule has 3 aromatic carbocycles. The molecule has 1 heterocycles. The van der Waals surface area contributed by atoms with Gasteiger partial charge >= 0.3 is 0 Å². The van der Waals surface area contributed by atoms with E-state index in [0.29, 0.717) is 0 Å². The molecule has 2 unspecified atom stereocenters. The minimum absolute atomic E-state index is 0. The summed E-state index contributed by atoms with van der Waals surface area (Å²) in [4.78, 5) is 0. The molecule has 0 saturated carbocycles. The molecule has 25 heavy (non-hydrogen) atoms. The minimum atomic E-state index is -0.489. The molecule has 0 spiro atoms. The molecule has 5 heteroatoms. The highest BCUT2D eigenvalue weighted by Crippen LogP contribution is 2.36. The van der Waals surface area contributed by atoms with Crippen LogP contribution in [0.25, 0.3) is 21.5 Å². The van der Waals surface area contributed by atoms with Crippen LogP contribution in [0.2, 0.25) is 0 Å². The van der Waals surface area contributed by atoms with E-state index in [-0.39, 0.29) is 18.4 Å². The lowest BCUT2D eigenvalue weighted by atomic mass is 9.89. The molecule has 2 nitrogen and oxygen atoms in total. The summed E-state index contributed by atoms with van der Waals surface area (Å²) in [5, 5.41) is 19.2. The Hall–Kier alpha value is -0.650. The van der Waals surface area contributed by atoms with Crippen molar-refractivity contribution < 1.29 is 5.11 Å². The minimum Gasteiger partial charge on any atom is -0.387 e. The molecule has 132 valence electrons. The van der Waals surface area contributed by atoms with E-state index in [1.165, 1.54) is 23.6 Å². The van der Waals surface area contributed by atoms with Crippen molar-refractivity contribution in [2.75, 3.05) is 6.54 Å². The molecular weight excluding hydrogens is 465 g/mol. The predicted molar refractivity (Wildman–Crippen MR) is 115 cm³/mol. The van der Waals surface area contributed by atoms with Gasteiger partial charge in [-0.15, -0.1) is 12.4 Å². The Morgan fingerprint density at radius 1 is 0.920 bits per heavy atom. The fourth-order valence-electron chi connectivity index (χ4n) is 3.74. The molecule has 0 bridgehead atoms. The summed E-state index contributed by atoms with van der Waals surface area (Å²) in [7, 11) is 0. The summed E-state index contributed by atoms with van der Waals surface area (Å²) in [5.41, 5.74) is 1.02. The molecule has 3 aromatic rings. The molecule has 0 amide bonds. The van der Waals surface area contributed by atoms with Gasteiger partial charge in [0.15, 0.2) is 0 Å². The first kappa shape index (κ1) is 19.1. The fraction of sp³-hybridized carbons (Fsp3) is 0.300. The van der Waals surface area contributed by atoms with Crippen molar-refractivity contribution in [1.82, 2.24) is 5.32 Å². The molecule has 4 rings (SSSR count). The van der Waals surface area contributed by atoms with Crippen LogP contribution in [-0.2, 0) is 0 Å². The van der Waals surface area contributed by atoms with Gasteiger partial charge in [-0.2, -0.15) is 0 Å². The third kappa shape index (κ3) is 3.74. The average Bonchev–Trinajstić information content (AvgIpc) is 2.60. The zero-order chi connectivity index (χ0) is 16.7. The van der Waals surface area contributed by atoms with Crippen LogP contribution in [0.1, 0.15) is 30.9 Å². The van der Waals surface area contributed by atoms with E-state index in [1.807, 2.05) is 0 Å². The summed E-state index contributed by atoms with van der Waals surface area (Å²) < 4.78 is 2.11. The van der Waals surface area contributed by atoms with Gasteiger partial charge in [0.1, 0.15) is 0 Å². The average molecular weight is 486 g/mol. The molecule has 0 radical (unpaired) electrons. The fourth-order valence-corrected chi connectivity index (χ4v) is 4.48. The van der Waals surface area contributed by atoms with E-state index in [9.17, 15) is 5.11 Å². The highest BCUT2D eigenvalue weighted by atomic mass is 79.9. The van der Waals surface area contributed by atoms with Gasteiger partial charge in [0.05, 0.1) is 6.10 Å². The van der Waals surface area contributed by atoms with Crippen LogP contribution in [0, 0.1) is 0 Å². The van der Waals surface area contributed by atoms with Crippen LogP contribution in [0.5, 0.6) is 0 Å². The highest BCUT2D eigenvalue weighted by Gasteiger charge is 2.24. The van der Waals surface area contributed by atoms with Crippen molar-refractivity contribution in [3.05, 3.63) is 57.0 Å². The summed E-state index contributed by atoms with van der Waals surface area (Å²) in [6.07, 6.45) is 2.91. The normalized spacial score (nSPS) is 18.9. The number of aliphatic hydroxyl groups is 1. The maximum Gasteiger partial charge on any atom is 0.0949 e. The van der Waals surface area contributed by atoms with E-state index in [4.69, 9.17) is 0 Å². The standard InChI is InChI=1S/C20H19Br2NO.ClH/c21-13-4-6-15-12(9-13)10-18(16-7-5-14(22)11-17(15)16)20(24)19-3-1-2-8-23-19;/h4-7,9-11,19-20,23-24H,1-3,8H2;1H. The zero-order valence-corrected chi connectivity index (χ0v) is 17.6. The summed E-state index contributed by atoms with van der Waals surface area (Å²) >= 11 is 7.15. The van der Waals surface area contributed by atoms with E-state index < -0.39 is 6.10 Å². The quantitative estimate of drug-likeness (QED) is 0.429. The molecule has 2 atom stereocenters. The van der Waals surface area contributed by atoms with Crippen molar-refractivity contribution in [2.24, 2.45) is 0 Å². The Morgan fingerprint density at radius 3 is 2.36 bits per heavy atom. The van der Waals surface area contributed by atoms with Gasteiger partial charge in [-0.1, -0.05) is 50.4 Å². The van der Waals surface area contributed by atoms with Crippen LogP contribution in [-0.4, -0.2) is 17.7 Å². The Labute approximate surface area is 170 Å². The molecule has 1 fully saturated rings. The Morgan fingerprint density at radius 2 is 1.64 bits per heavy atom. The second-order valence-electron chi connectivity index (χ2n) is 6.52. The van der Waals surface area contributed by atoms with Crippen LogP contribution < -0.4 is 5.32 Å². The lowest BCUT2D eigenvalue weighted by Gasteiger charge is -2.29. The third-order valence-electron chi connectivity index (χ3n) is 4.96. The van der Waals surface area contributed by atoms with Gasteiger partial charge in [0.2, 0.25) is 0 Å². The number of aliphatic hydroxyl groups excluding tert-OH is 1. The van der Waals surface area contributed by atoms with Gasteiger partial charge in [-0.3, -0.25) is 0 Å². The van der Waals surface area contributed by atoms with Crippen LogP contribution in [0.15, 0.2) is 51.4 Å². The first-order valence-electron chi connectivity index (χ1n) is 8.36. The van der Waals surface area contributed by atoms with Gasteiger partial charge in [-0.25, -0.2) is 0 Å². The number of hydrogen-bond donors (Lipinski definition) is 2. The number of rotatable bonds is 2. The van der Waals surface area contributed by atoms with E-state index in [0.717, 1.165) is 38.2 Å². The second kappa shape index (κ2) is 7.93. The summed E-state index contributed by atoms with van der Waals surface area (Å²) in [6.45, 7) is 0.990. The van der Waals surface area contributed by atoms with Crippen LogP contribution in [0.3, 0.4) is 0 Å². The number of nitrogens with one attached hydrogen (secondary N) is 1. The number of fused-ring (bicyclic) bond motifs is 3. The molecular formula is C20H20Br2ClNO. The van der Waals surface area contributed by atoms with Gasteiger partial charge in [0.25, 0.3) is 0 Å². The Balaban J connectivity index is 0.00000182. The second-order valence-corrected chi connectivity index (χ2v) is 8.35. The lowest BCUT2D eigenvalue weighted by Crippen LogP contribution is -2.38. The lowest BCUT2D eigenvalue weighted by molar-refractivity contribution is 0.115. The number of hydrogen-bond acceptors (Lipinski definition) is 2. The SMILES string of the molecule is Cl.OC(c1cc2cc(Br)ccc2c2cc(Br)ccc12)C1CCCCN1. The van der Waals surface area contributed by atoms with E-state index in [1.54, 1.807) is 0 Å². The maximum atomic E-state index is 11.1. The van der Waals surface area contributed by atoms with Crippen molar-refractivity contribution >= 4 is 65.8 Å². The third-order valence-corrected chi connectivity index (χ3v) is 5.94. The van der Waals surface area contributed by atoms with Gasteiger partial charge < -0.3 is 10.4 Å². The van der Waals surface area contributed by atoms with Gasteiger partial charge in [0, 0.05) is 15.0 Å². The first-order valence-corrected chi connectivity index (χ1v) is 9.95. The number of halogens is 3. The van der Waals surface area contributed by atoms with Gasteiger partial charge in [-0.05, 0) is 76.8 Å². The van der Waals surface area contributed by atoms with Crippen LogP contribution in [0.4, 0.5) is 0 Å². The van der Waals surface area contributed by atoms with Crippen molar-refractivity contribution in [3.8, 4) is 0 Å². The number of piperidine rings is 1. The van der Waals surface area contributed by atoms with Crippen molar-refractivity contribution in [1.29, 1.82) is 0 Å². The Kier molecular flexibility index (Phi) is 6.07. The molecule has 2 N–H and O–H groups in total. The smallest absolute Gasteiger partial charge is 0.0949 e. The molecule has 1 aliphatic rings. The molecule has 0 aromatic heterocycles. The zero-order valence-electron chi connectivity index (χ0n) is 13.6. The Bertz CT molecular complexity index is 909. The maximum absolute atomic E-state index is 11.1. The summed E-state index contributed by atoms with van der Waals surface area (Å²) in [6, 6.07) is 14.9.